The van der Waals surface area contributed by atoms with Gasteiger partial charge in [-0.2, -0.15) is 8.78 Å². The van der Waals surface area contributed by atoms with Crippen molar-refractivity contribution in [3.8, 4) is 5.75 Å². The maximum absolute atomic E-state index is 15.0. The summed E-state index contributed by atoms with van der Waals surface area (Å²) in [6.07, 6.45) is 4.13. The number of likely N-dealkylation sites (tertiary alicyclic amines) is 1. The summed E-state index contributed by atoms with van der Waals surface area (Å²) in [7, 11) is 0. The van der Waals surface area contributed by atoms with Gasteiger partial charge in [0.2, 0.25) is 0 Å². The van der Waals surface area contributed by atoms with Crippen molar-refractivity contribution in [1.29, 1.82) is 0 Å². The van der Waals surface area contributed by atoms with Crippen LogP contribution in [0.5, 0.6) is 5.75 Å². The molecule has 1 aliphatic rings. The summed E-state index contributed by atoms with van der Waals surface area (Å²) in [5.74, 6) is -0.399. The van der Waals surface area contributed by atoms with Crippen molar-refractivity contribution in [2.24, 2.45) is 23.2 Å². The molecule has 0 aromatic heterocycles. The number of carbonyl (C=O) groups is 1. The Labute approximate surface area is 231 Å². The van der Waals surface area contributed by atoms with Crippen LogP contribution in [0, 0.1) is 35.9 Å². The number of piperidine rings is 1. The van der Waals surface area contributed by atoms with Crippen LogP contribution < -0.4 is 4.74 Å². The molecule has 2 rings (SSSR count). The molecule has 1 aromatic rings. The number of allylic oxidation sites excluding steroid dienone is 1. The number of nitrogens with zero attached hydrogens (tertiary/aromatic N) is 1. The number of aryl methyl sites for hydroxylation is 1. The lowest BCUT2D eigenvalue weighted by atomic mass is 9.74. The second-order valence-electron chi connectivity index (χ2n) is 11.1. The van der Waals surface area contributed by atoms with Gasteiger partial charge in [-0.1, -0.05) is 85.4 Å². The highest BCUT2D eigenvalue weighted by molar-refractivity contribution is 8.11. The molecule has 3 atom stereocenters. The van der Waals surface area contributed by atoms with Crippen molar-refractivity contribution in [2.45, 2.75) is 81.3 Å². The monoisotopic (exact) mass is 557 g/mol. The Balaban J connectivity index is 0.00000168. The van der Waals surface area contributed by atoms with Crippen molar-refractivity contribution < 1.29 is 27.8 Å². The average molecular weight is 558 g/mol. The Hall–Kier alpha value is -1.93. The molecule has 1 N–H and O–H groups in total. The number of alkyl halides is 2. The maximum atomic E-state index is 15.0. The van der Waals surface area contributed by atoms with Crippen LogP contribution in [-0.4, -0.2) is 42.2 Å². The maximum Gasteiger partial charge on any atom is 0.387 e. The summed E-state index contributed by atoms with van der Waals surface area (Å²) in [4.78, 5) is 15.4. The molecule has 0 aliphatic carbocycles. The van der Waals surface area contributed by atoms with E-state index in [1.165, 1.54) is 23.9 Å². The molecule has 0 amide bonds. The van der Waals surface area contributed by atoms with Crippen LogP contribution >= 0.6 is 11.8 Å². The van der Waals surface area contributed by atoms with Crippen LogP contribution in [0.4, 0.5) is 13.2 Å². The van der Waals surface area contributed by atoms with Gasteiger partial charge in [-0.15, -0.1) is 0 Å². The summed E-state index contributed by atoms with van der Waals surface area (Å²) in [6.45, 7) is 18.7. The first-order valence-electron chi connectivity index (χ1n) is 13.4. The predicted octanol–water partition coefficient (Wildman–Crippen LogP) is 8.85. The molecule has 1 aromatic carbocycles. The number of benzene rings is 1. The Kier molecular flexibility index (Phi) is 14.0. The van der Waals surface area contributed by atoms with E-state index in [2.05, 4.69) is 63.8 Å². The predicted molar refractivity (Wildman–Crippen MR) is 153 cm³/mol. The summed E-state index contributed by atoms with van der Waals surface area (Å²) < 4.78 is 45.5. The normalized spacial score (nSPS) is 21.2. The van der Waals surface area contributed by atoms with E-state index in [0.29, 0.717) is 31.5 Å². The van der Waals surface area contributed by atoms with E-state index in [0.717, 1.165) is 23.8 Å². The van der Waals surface area contributed by atoms with Gasteiger partial charge in [-0.05, 0) is 49.1 Å². The minimum atomic E-state index is -3.08. The smallest absolute Gasteiger partial charge is 0.387 e. The molecule has 38 heavy (non-hydrogen) atoms. The number of halogens is 3. The number of ether oxygens (including phenoxy) is 1. The molecule has 0 spiro atoms. The lowest BCUT2D eigenvalue weighted by Crippen LogP contribution is -2.50. The van der Waals surface area contributed by atoms with Gasteiger partial charge < -0.3 is 9.84 Å². The first kappa shape index (κ1) is 34.1. The van der Waals surface area contributed by atoms with E-state index in [4.69, 9.17) is 0 Å². The first-order valence-corrected chi connectivity index (χ1v) is 14.2. The molecule has 8 heteroatoms. The number of carboxylic acids is 1. The van der Waals surface area contributed by atoms with Crippen molar-refractivity contribution in [3.05, 3.63) is 46.6 Å². The molecule has 4 nitrogen and oxygen atoms in total. The fourth-order valence-corrected chi connectivity index (χ4v) is 5.67. The van der Waals surface area contributed by atoms with Gasteiger partial charge in [0, 0.05) is 29.4 Å². The third-order valence-corrected chi connectivity index (χ3v) is 7.48. The second-order valence-corrected chi connectivity index (χ2v) is 12.4. The van der Waals surface area contributed by atoms with Gasteiger partial charge >= 0.3 is 12.6 Å². The molecule has 216 valence electrons. The standard InChI is InChI=1S/C26H36F3NO3S.C4H10/c1-7-16(3)11-20(14-30-13-17(4)12-26(8-2,15-30)24(31)32)34-19(6)22-21(33-25(28)29)10-9-18(5)23(22)27;1-4(2)3/h9-11,16-17,25H,6-8,12-15H2,1-5H3,(H,31,32);4H,1-3H3/b20-11-;/t16?,17?,26-;/m1./s1. The fourth-order valence-electron chi connectivity index (χ4n) is 4.51. The number of rotatable bonds is 11. The highest BCUT2D eigenvalue weighted by Crippen LogP contribution is 2.42. The largest absolute Gasteiger partial charge is 0.481 e. The topological polar surface area (TPSA) is 49.8 Å². The Bertz CT molecular complexity index is 964. The summed E-state index contributed by atoms with van der Waals surface area (Å²) in [5, 5.41) is 9.92. The molecule has 0 radical (unpaired) electrons. The molecule has 2 unspecified atom stereocenters. The average Bonchev–Trinajstić information content (AvgIpc) is 2.80. The lowest BCUT2D eigenvalue weighted by molar-refractivity contribution is -0.154. The molecule has 1 heterocycles. The SMILES string of the molecule is C=C(S/C(=C\C(C)CC)CN1CC(C)C[C@@](CC)(C(=O)O)C1)c1c(OC(F)F)ccc(C)c1F.CC(C)C. The quantitative estimate of drug-likeness (QED) is 0.294. The third kappa shape index (κ3) is 10.3. The number of hydrogen-bond acceptors (Lipinski definition) is 4. The van der Waals surface area contributed by atoms with Crippen molar-refractivity contribution in [1.82, 2.24) is 4.90 Å². The molecule has 0 saturated carbocycles. The summed E-state index contributed by atoms with van der Waals surface area (Å²) >= 11 is 1.23. The summed E-state index contributed by atoms with van der Waals surface area (Å²) in [6, 6.07) is 2.73. The zero-order chi connectivity index (χ0) is 29.2. The number of thioether (sulfide) groups is 1. The van der Waals surface area contributed by atoms with Crippen molar-refractivity contribution in [2.75, 3.05) is 19.6 Å². The number of carboxylic acid groups (broad SMARTS) is 1. The molecule has 1 aliphatic heterocycles. The van der Waals surface area contributed by atoms with Crippen molar-refractivity contribution in [3.63, 3.8) is 0 Å². The van der Waals surface area contributed by atoms with E-state index < -0.39 is 23.8 Å². The fraction of sp³-hybridized carbons (Fsp3) is 0.633. The Morgan fingerprint density at radius 3 is 2.39 bits per heavy atom. The number of aliphatic carboxylic acids is 1. The van der Waals surface area contributed by atoms with Gasteiger partial charge in [-0.3, -0.25) is 9.69 Å². The van der Waals surface area contributed by atoms with E-state index in [1.807, 2.05) is 6.92 Å². The van der Waals surface area contributed by atoms with E-state index in [9.17, 15) is 23.1 Å². The van der Waals surface area contributed by atoms with E-state index >= 15 is 0 Å². The molecule has 1 saturated heterocycles. The number of hydrogen-bond donors (Lipinski definition) is 1. The van der Waals surface area contributed by atoms with Gasteiger partial charge in [0.15, 0.2) is 0 Å². The first-order chi connectivity index (χ1) is 17.6. The second kappa shape index (κ2) is 15.6. The third-order valence-electron chi connectivity index (χ3n) is 6.51. The van der Waals surface area contributed by atoms with E-state index in [-0.39, 0.29) is 28.1 Å². The van der Waals surface area contributed by atoms with Crippen LogP contribution in [0.1, 0.15) is 78.9 Å². The highest BCUT2D eigenvalue weighted by Gasteiger charge is 2.43. The zero-order valence-electron chi connectivity index (χ0n) is 24.2. The lowest BCUT2D eigenvalue weighted by Gasteiger charge is -2.43. The molecule has 0 bridgehead atoms. The zero-order valence-corrected chi connectivity index (χ0v) is 25.1. The molecule has 1 fully saturated rings. The molecular weight excluding hydrogens is 511 g/mol. The summed E-state index contributed by atoms with van der Waals surface area (Å²) in [5.41, 5.74) is -0.562. The molecular formula is C30H46F3NO3S. The van der Waals surface area contributed by atoms with E-state index in [1.54, 1.807) is 6.92 Å². The minimum absolute atomic E-state index is 0.0687. The van der Waals surface area contributed by atoms with Crippen LogP contribution in [-0.2, 0) is 4.79 Å². The van der Waals surface area contributed by atoms with Crippen molar-refractivity contribution >= 4 is 22.6 Å². The Morgan fingerprint density at radius 2 is 1.89 bits per heavy atom. The van der Waals surface area contributed by atoms with Gasteiger partial charge in [-0.25, -0.2) is 4.39 Å². The van der Waals surface area contributed by atoms with Gasteiger partial charge in [0.1, 0.15) is 11.6 Å². The van der Waals surface area contributed by atoms with Crippen LogP contribution in [0.2, 0.25) is 0 Å². The van der Waals surface area contributed by atoms with Gasteiger partial charge in [0.25, 0.3) is 0 Å². The minimum Gasteiger partial charge on any atom is -0.481 e. The van der Waals surface area contributed by atoms with Crippen LogP contribution in [0.25, 0.3) is 4.91 Å². The van der Waals surface area contributed by atoms with Crippen LogP contribution in [0.15, 0.2) is 29.7 Å². The Morgan fingerprint density at radius 1 is 1.29 bits per heavy atom. The van der Waals surface area contributed by atoms with Gasteiger partial charge in [0.05, 0.1) is 11.0 Å². The highest BCUT2D eigenvalue weighted by atomic mass is 32.2. The van der Waals surface area contributed by atoms with Crippen LogP contribution in [0.3, 0.4) is 0 Å².